The van der Waals surface area contributed by atoms with E-state index in [1.807, 2.05) is 44.2 Å². The van der Waals surface area contributed by atoms with Crippen molar-refractivity contribution in [1.82, 2.24) is 9.55 Å². The summed E-state index contributed by atoms with van der Waals surface area (Å²) in [5, 5.41) is 0.732. The van der Waals surface area contributed by atoms with Crippen LogP contribution in [0.25, 0.3) is 10.2 Å². The van der Waals surface area contributed by atoms with Crippen LogP contribution in [0.1, 0.15) is 36.0 Å². The first-order valence-electron chi connectivity index (χ1n) is 9.47. The van der Waals surface area contributed by atoms with Crippen molar-refractivity contribution in [2.45, 2.75) is 46.1 Å². The summed E-state index contributed by atoms with van der Waals surface area (Å²) < 4.78 is 1.54. The molecule has 5 nitrogen and oxygen atoms in total. The van der Waals surface area contributed by atoms with E-state index in [0.29, 0.717) is 12.4 Å². The molecule has 27 heavy (non-hydrogen) atoms. The average molecular weight is 382 g/mol. The van der Waals surface area contributed by atoms with E-state index in [1.54, 1.807) is 16.2 Å². The van der Waals surface area contributed by atoms with Crippen LogP contribution in [0.15, 0.2) is 35.1 Å². The van der Waals surface area contributed by atoms with Gasteiger partial charge in [0.15, 0.2) is 0 Å². The fraction of sp³-hybridized carbons (Fsp3) is 0.381. The van der Waals surface area contributed by atoms with Gasteiger partial charge in [0.05, 0.1) is 5.39 Å². The zero-order valence-corrected chi connectivity index (χ0v) is 16.5. The van der Waals surface area contributed by atoms with Crippen LogP contribution in [-0.2, 0) is 24.2 Å². The number of thiophene rings is 1. The number of hydrogen-bond donors (Lipinski definition) is 0. The number of carbonyl (C=O) groups excluding carboxylic acids is 1. The first kappa shape index (κ1) is 17.9. The van der Waals surface area contributed by atoms with Crippen LogP contribution in [0.5, 0.6) is 0 Å². The van der Waals surface area contributed by atoms with Crippen molar-refractivity contribution in [3.05, 3.63) is 57.0 Å². The Morgan fingerprint density at radius 3 is 2.70 bits per heavy atom. The van der Waals surface area contributed by atoms with Crippen molar-refractivity contribution in [2.24, 2.45) is 0 Å². The molecule has 6 heteroatoms. The van der Waals surface area contributed by atoms with Crippen LogP contribution >= 0.6 is 11.3 Å². The number of amides is 1. The SMILES string of the molecule is CCN(C(=O)Cn1c(C)nc2sc3c(c2c1=O)CCCC3)c1ccccc1. The van der Waals surface area contributed by atoms with Gasteiger partial charge in [-0.05, 0) is 57.2 Å². The number of para-hydroxylation sites is 1. The number of likely N-dealkylation sites (N-methyl/N-ethyl adjacent to an activating group) is 1. The second-order valence-corrected chi connectivity index (χ2v) is 8.00. The Hall–Kier alpha value is -2.47. The Balaban J connectivity index is 1.73. The summed E-state index contributed by atoms with van der Waals surface area (Å²) in [4.78, 5) is 34.7. The van der Waals surface area contributed by atoms with Gasteiger partial charge < -0.3 is 4.90 Å². The first-order valence-corrected chi connectivity index (χ1v) is 10.3. The lowest BCUT2D eigenvalue weighted by Crippen LogP contribution is -2.37. The van der Waals surface area contributed by atoms with E-state index in [4.69, 9.17) is 0 Å². The highest BCUT2D eigenvalue weighted by atomic mass is 32.1. The van der Waals surface area contributed by atoms with E-state index >= 15 is 0 Å². The maximum absolute atomic E-state index is 13.2. The molecule has 0 saturated heterocycles. The number of rotatable bonds is 4. The van der Waals surface area contributed by atoms with Crippen molar-refractivity contribution in [2.75, 3.05) is 11.4 Å². The van der Waals surface area contributed by atoms with Crippen LogP contribution in [0, 0.1) is 6.92 Å². The number of anilines is 1. The molecule has 0 N–H and O–H groups in total. The number of nitrogens with zero attached hydrogens (tertiary/aromatic N) is 3. The van der Waals surface area contributed by atoms with Gasteiger partial charge in [-0.25, -0.2) is 4.98 Å². The number of fused-ring (bicyclic) bond motifs is 3. The molecule has 1 aliphatic carbocycles. The number of carbonyl (C=O) groups is 1. The topological polar surface area (TPSA) is 55.2 Å². The van der Waals surface area contributed by atoms with Crippen LogP contribution in [0.4, 0.5) is 5.69 Å². The van der Waals surface area contributed by atoms with Gasteiger partial charge in [0.1, 0.15) is 17.2 Å². The molecular formula is C21H23N3O2S. The lowest BCUT2D eigenvalue weighted by atomic mass is 9.97. The standard InChI is InChI=1S/C21H23N3O2S/c1-3-23(15-9-5-4-6-10-15)18(25)13-24-14(2)22-20-19(21(24)26)16-11-7-8-12-17(16)27-20/h4-6,9-10H,3,7-8,11-13H2,1-2H3. The highest BCUT2D eigenvalue weighted by molar-refractivity contribution is 7.18. The maximum Gasteiger partial charge on any atom is 0.263 e. The minimum absolute atomic E-state index is 0.0148. The number of aryl methyl sites for hydroxylation is 3. The Bertz CT molecular complexity index is 1050. The first-order chi connectivity index (χ1) is 13.1. The second-order valence-electron chi connectivity index (χ2n) is 6.91. The molecule has 1 amide bonds. The third kappa shape index (κ3) is 3.18. The average Bonchev–Trinajstić information content (AvgIpc) is 3.04. The molecule has 2 heterocycles. The summed E-state index contributed by atoms with van der Waals surface area (Å²) in [6, 6.07) is 9.57. The van der Waals surface area contributed by atoms with Gasteiger partial charge in [-0.2, -0.15) is 0 Å². The summed E-state index contributed by atoms with van der Waals surface area (Å²) in [6.07, 6.45) is 4.26. The van der Waals surface area contributed by atoms with Gasteiger partial charge >= 0.3 is 0 Å². The molecule has 0 fully saturated rings. The summed E-state index contributed by atoms with van der Waals surface area (Å²) >= 11 is 1.64. The van der Waals surface area contributed by atoms with E-state index < -0.39 is 0 Å². The molecule has 0 atom stereocenters. The summed E-state index contributed by atoms with van der Waals surface area (Å²) in [7, 11) is 0. The second kappa shape index (κ2) is 7.27. The lowest BCUT2D eigenvalue weighted by molar-refractivity contribution is -0.119. The fourth-order valence-corrected chi connectivity index (χ4v) is 5.16. The molecule has 1 aliphatic rings. The van der Waals surface area contributed by atoms with E-state index in [-0.39, 0.29) is 18.0 Å². The number of hydrogen-bond acceptors (Lipinski definition) is 4. The van der Waals surface area contributed by atoms with E-state index in [1.165, 1.54) is 15.9 Å². The molecule has 0 spiro atoms. The minimum Gasteiger partial charge on any atom is -0.311 e. The molecule has 1 aromatic carbocycles. The van der Waals surface area contributed by atoms with Gasteiger partial charge in [-0.15, -0.1) is 11.3 Å². The number of benzene rings is 1. The lowest BCUT2D eigenvalue weighted by Gasteiger charge is -2.22. The normalized spacial score (nSPS) is 13.6. The van der Waals surface area contributed by atoms with Crippen molar-refractivity contribution in [1.29, 1.82) is 0 Å². The molecule has 2 aromatic heterocycles. The smallest absolute Gasteiger partial charge is 0.263 e. The number of aromatic nitrogens is 2. The summed E-state index contributed by atoms with van der Waals surface area (Å²) in [5.74, 6) is 0.503. The predicted molar refractivity (Wildman–Crippen MR) is 110 cm³/mol. The quantitative estimate of drug-likeness (QED) is 0.692. The molecule has 4 rings (SSSR count). The van der Waals surface area contributed by atoms with Gasteiger partial charge in [0.2, 0.25) is 5.91 Å². The highest BCUT2D eigenvalue weighted by Crippen LogP contribution is 2.33. The van der Waals surface area contributed by atoms with Crippen molar-refractivity contribution in [3.8, 4) is 0 Å². The zero-order valence-electron chi connectivity index (χ0n) is 15.7. The highest BCUT2D eigenvalue weighted by Gasteiger charge is 2.23. The van der Waals surface area contributed by atoms with E-state index in [0.717, 1.165) is 40.7 Å². The molecule has 3 aromatic rings. The summed E-state index contributed by atoms with van der Waals surface area (Å²) in [6.45, 7) is 4.32. The molecule has 0 bridgehead atoms. The van der Waals surface area contributed by atoms with Gasteiger partial charge in [-0.3, -0.25) is 14.2 Å². The Labute approximate surface area is 162 Å². The third-order valence-corrected chi connectivity index (χ3v) is 6.43. The Morgan fingerprint density at radius 1 is 1.22 bits per heavy atom. The predicted octanol–water partition coefficient (Wildman–Crippen LogP) is 3.70. The van der Waals surface area contributed by atoms with Crippen molar-refractivity contribution < 1.29 is 4.79 Å². The third-order valence-electron chi connectivity index (χ3n) is 5.24. The molecular weight excluding hydrogens is 358 g/mol. The van der Waals surface area contributed by atoms with Gasteiger partial charge in [0.25, 0.3) is 5.56 Å². The fourth-order valence-electron chi connectivity index (χ4n) is 3.86. The molecule has 0 unspecified atom stereocenters. The zero-order chi connectivity index (χ0) is 19.0. The Morgan fingerprint density at radius 2 is 1.96 bits per heavy atom. The van der Waals surface area contributed by atoms with Crippen LogP contribution in [0.2, 0.25) is 0 Å². The van der Waals surface area contributed by atoms with Crippen LogP contribution in [0.3, 0.4) is 0 Å². The molecule has 0 radical (unpaired) electrons. The van der Waals surface area contributed by atoms with E-state index in [9.17, 15) is 9.59 Å². The Kier molecular flexibility index (Phi) is 4.83. The van der Waals surface area contributed by atoms with Crippen LogP contribution in [-0.4, -0.2) is 22.0 Å². The van der Waals surface area contributed by atoms with Crippen molar-refractivity contribution in [3.63, 3.8) is 0 Å². The molecule has 0 aliphatic heterocycles. The maximum atomic E-state index is 13.2. The molecule has 0 saturated carbocycles. The van der Waals surface area contributed by atoms with Gasteiger partial charge in [0, 0.05) is 17.1 Å². The van der Waals surface area contributed by atoms with Crippen molar-refractivity contribution >= 4 is 33.1 Å². The minimum atomic E-state index is -0.0980. The monoisotopic (exact) mass is 381 g/mol. The largest absolute Gasteiger partial charge is 0.311 e. The van der Waals surface area contributed by atoms with Crippen LogP contribution < -0.4 is 10.5 Å². The summed E-state index contributed by atoms with van der Waals surface area (Å²) in [5.41, 5.74) is 1.93. The van der Waals surface area contributed by atoms with E-state index in [2.05, 4.69) is 4.98 Å². The molecule has 140 valence electrons. The van der Waals surface area contributed by atoms with Gasteiger partial charge in [-0.1, -0.05) is 18.2 Å².